The molecule has 5 nitrogen and oxygen atoms in total. The van der Waals surface area contributed by atoms with E-state index in [1.807, 2.05) is 13.8 Å². The van der Waals surface area contributed by atoms with Gasteiger partial charge in [-0.25, -0.2) is 0 Å². The molecule has 5 heterocycles. The van der Waals surface area contributed by atoms with Crippen molar-refractivity contribution < 1.29 is 19.4 Å². The van der Waals surface area contributed by atoms with Crippen molar-refractivity contribution in [3.63, 3.8) is 0 Å². The van der Waals surface area contributed by atoms with Crippen LogP contribution in [0, 0.1) is 39.9 Å². The van der Waals surface area contributed by atoms with E-state index >= 15 is 0 Å². The summed E-state index contributed by atoms with van der Waals surface area (Å²) in [4.78, 5) is 17.1. The first-order valence-electron chi connectivity index (χ1n) is 14.8. The van der Waals surface area contributed by atoms with E-state index < -0.39 is 17.3 Å². The summed E-state index contributed by atoms with van der Waals surface area (Å²) >= 11 is 0. The number of hydrogen-bond donors (Lipinski definition) is 1. The van der Waals surface area contributed by atoms with Gasteiger partial charge in [0, 0.05) is 24.5 Å². The fraction of sp³-hybridized carbons (Fsp3) is 0.967. The molecule has 5 aliphatic heterocycles. The van der Waals surface area contributed by atoms with Crippen molar-refractivity contribution in [2.75, 3.05) is 13.2 Å². The number of fused-ring (bicyclic) bond motifs is 4. The molecule has 2 aliphatic carbocycles. The zero-order valence-corrected chi connectivity index (χ0v) is 22.6. The van der Waals surface area contributed by atoms with Crippen LogP contribution in [0.2, 0.25) is 0 Å². The molecular weight excluding hydrogens is 438 g/mol. The van der Waals surface area contributed by atoms with E-state index in [1.165, 1.54) is 51.5 Å². The van der Waals surface area contributed by atoms with Crippen molar-refractivity contribution >= 4 is 5.78 Å². The predicted octanol–water partition coefficient (Wildman–Crippen LogP) is 4.94. The van der Waals surface area contributed by atoms with E-state index in [1.54, 1.807) is 0 Å². The lowest BCUT2D eigenvalue weighted by atomic mass is 9.42. The summed E-state index contributed by atoms with van der Waals surface area (Å²) in [6.07, 6.45) is 10.4. The number of ether oxygens (including phenoxy) is 2. The Labute approximate surface area is 211 Å². The second-order valence-corrected chi connectivity index (χ2v) is 14.9. The van der Waals surface area contributed by atoms with Crippen molar-refractivity contribution in [3.8, 4) is 0 Å². The number of aliphatic hydroxyl groups is 1. The SMILES string of the molecule is CC(C)[C@H]1CC[C@@]2(C)[C@@H]3CC[C@]45CCC[C@H]4[C@@]2(C[C@H](O)C(=O)[C@]2(C)CO[C@@]4(C)CC[C@@H]2O4)[C@H]1N5C3. The molecule has 0 amide bonds. The maximum Gasteiger partial charge on any atom is 0.172 e. The molecule has 0 radical (unpaired) electrons. The van der Waals surface area contributed by atoms with E-state index in [0.29, 0.717) is 48.3 Å². The Morgan fingerprint density at radius 3 is 2.63 bits per heavy atom. The zero-order valence-electron chi connectivity index (χ0n) is 22.6. The summed E-state index contributed by atoms with van der Waals surface area (Å²) in [6.45, 7) is 13.0. The molecule has 1 spiro atoms. The molecule has 0 aromatic heterocycles. The number of carbonyl (C=O) groups is 1. The first-order chi connectivity index (χ1) is 16.5. The van der Waals surface area contributed by atoms with Crippen molar-refractivity contribution in [2.24, 2.45) is 39.9 Å². The first kappa shape index (κ1) is 23.6. The van der Waals surface area contributed by atoms with E-state index in [2.05, 4.69) is 25.7 Å². The molecule has 7 fully saturated rings. The number of nitrogens with zero attached hydrogens (tertiary/aromatic N) is 1. The summed E-state index contributed by atoms with van der Waals surface area (Å²) in [5.41, 5.74) is -0.158. The first-order valence-corrected chi connectivity index (χ1v) is 14.8. The minimum absolute atomic E-state index is 0.0213. The molecule has 5 heteroatoms. The number of Topliss-reactive ketones (excluding diaryl/α,β-unsaturated/α-hetero) is 1. The Morgan fingerprint density at radius 2 is 1.86 bits per heavy atom. The Balaban J connectivity index is 1.29. The Morgan fingerprint density at radius 1 is 1.06 bits per heavy atom. The Bertz CT molecular complexity index is 937. The van der Waals surface area contributed by atoms with Crippen molar-refractivity contribution in [1.82, 2.24) is 4.90 Å². The molecule has 0 aromatic carbocycles. The average molecular weight is 486 g/mol. The maximum absolute atomic E-state index is 14.1. The van der Waals surface area contributed by atoms with Crippen LogP contribution < -0.4 is 0 Å². The van der Waals surface area contributed by atoms with Gasteiger partial charge in [0.05, 0.1) is 18.1 Å². The average Bonchev–Trinajstić information content (AvgIpc) is 3.43. The molecule has 196 valence electrons. The quantitative estimate of drug-likeness (QED) is 0.598. The normalized spacial score (nSPS) is 58.6. The van der Waals surface area contributed by atoms with Gasteiger partial charge in [0.2, 0.25) is 0 Å². The Hall–Kier alpha value is -0.490. The van der Waals surface area contributed by atoms with Crippen molar-refractivity contribution in [2.45, 2.75) is 128 Å². The lowest BCUT2D eigenvalue weighted by molar-refractivity contribution is -0.284. The van der Waals surface area contributed by atoms with Gasteiger partial charge in [-0.1, -0.05) is 27.2 Å². The fourth-order valence-electron chi connectivity index (χ4n) is 11.7. The highest BCUT2D eigenvalue weighted by molar-refractivity contribution is 5.89. The van der Waals surface area contributed by atoms with Gasteiger partial charge in [-0.3, -0.25) is 9.69 Å². The van der Waals surface area contributed by atoms with E-state index in [9.17, 15) is 9.90 Å². The van der Waals surface area contributed by atoms with Crippen LogP contribution in [-0.4, -0.2) is 58.5 Å². The van der Waals surface area contributed by atoms with Crippen molar-refractivity contribution in [3.05, 3.63) is 0 Å². The van der Waals surface area contributed by atoms with Gasteiger partial charge in [0.1, 0.15) is 6.10 Å². The van der Waals surface area contributed by atoms with Crippen LogP contribution in [0.15, 0.2) is 0 Å². The van der Waals surface area contributed by atoms with Crippen LogP contribution >= 0.6 is 0 Å². The molecule has 0 aromatic rings. The Kier molecular flexibility index (Phi) is 4.81. The van der Waals surface area contributed by atoms with Gasteiger partial charge in [-0.2, -0.15) is 0 Å². The highest BCUT2D eigenvalue weighted by atomic mass is 16.7. The monoisotopic (exact) mass is 485 g/mol. The number of rotatable bonds is 5. The van der Waals surface area contributed by atoms with Gasteiger partial charge < -0.3 is 14.6 Å². The number of aliphatic hydroxyl groups excluding tert-OH is 1. The topological polar surface area (TPSA) is 59.0 Å². The third-order valence-electron chi connectivity index (χ3n) is 13.4. The van der Waals surface area contributed by atoms with Crippen LogP contribution in [-0.2, 0) is 14.3 Å². The number of piperidine rings is 2. The van der Waals surface area contributed by atoms with Crippen LogP contribution in [0.25, 0.3) is 0 Å². The predicted molar refractivity (Wildman–Crippen MR) is 134 cm³/mol. The number of carbonyl (C=O) groups excluding carboxylic acids is 1. The molecule has 1 N–H and O–H groups in total. The summed E-state index contributed by atoms with van der Waals surface area (Å²) in [5, 5.41) is 11.9. The summed E-state index contributed by atoms with van der Waals surface area (Å²) in [7, 11) is 0. The van der Waals surface area contributed by atoms with Crippen molar-refractivity contribution in [1.29, 1.82) is 0 Å². The van der Waals surface area contributed by atoms with E-state index in [4.69, 9.17) is 9.47 Å². The molecule has 2 saturated carbocycles. The number of hydrogen-bond acceptors (Lipinski definition) is 5. The largest absolute Gasteiger partial charge is 0.385 e. The minimum Gasteiger partial charge on any atom is -0.385 e. The second-order valence-electron chi connectivity index (χ2n) is 14.9. The molecule has 7 rings (SSSR count). The standard InChI is InChI=1S/C30H47NO4/c1-18(2)20-9-12-27(4)19-8-14-29-11-6-7-22(29)30(27,24(20)31(29)16-19)15-21(32)25(33)26(3)17-34-28(5)13-10-23(26)35-28/h18-24,32H,6-17H2,1-5H3/t19-,20-,21+,22-,23+,24+,26-,27+,28-,29-,30+/m1/s1. The van der Waals surface area contributed by atoms with Crippen LogP contribution in [0.5, 0.6) is 0 Å². The molecular formula is C30H47NO4. The van der Waals surface area contributed by atoms with Crippen LogP contribution in [0.4, 0.5) is 0 Å². The van der Waals surface area contributed by atoms with Gasteiger partial charge in [0.25, 0.3) is 0 Å². The highest BCUT2D eigenvalue weighted by Crippen LogP contribution is 2.79. The van der Waals surface area contributed by atoms with Gasteiger partial charge in [0.15, 0.2) is 11.6 Å². The fourth-order valence-corrected chi connectivity index (χ4v) is 11.7. The number of ketones is 1. The zero-order chi connectivity index (χ0) is 24.6. The molecule has 1 unspecified atom stereocenters. The van der Waals surface area contributed by atoms with Gasteiger partial charge in [-0.15, -0.1) is 0 Å². The molecule has 12 atom stereocenters. The smallest absolute Gasteiger partial charge is 0.172 e. The highest BCUT2D eigenvalue weighted by Gasteiger charge is 2.80. The lowest BCUT2D eigenvalue weighted by Crippen LogP contribution is -2.69. The molecule has 7 aliphatic rings. The summed E-state index contributed by atoms with van der Waals surface area (Å²) in [6, 6.07) is 0.520. The van der Waals surface area contributed by atoms with Gasteiger partial charge in [-0.05, 0) is 99.7 Å². The molecule has 7 bridgehead atoms. The van der Waals surface area contributed by atoms with Gasteiger partial charge >= 0.3 is 0 Å². The minimum atomic E-state index is -0.931. The summed E-state index contributed by atoms with van der Waals surface area (Å²) < 4.78 is 12.3. The third-order valence-corrected chi connectivity index (χ3v) is 13.4. The molecule has 5 saturated heterocycles. The third kappa shape index (κ3) is 2.63. The summed E-state index contributed by atoms with van der Waals surface area (Å²) in [5.74, 6) is 2.07. The van der Waals surface area contributed by atoms with E-state index in [-0.39, 0.29) is 22.7 Å². The maximum atomic E-state index is 14.1. The van der Waals surface area contributed by atoms with E-state index in [0.717, 1.165) is 12.8 Å². The van der Waals surface area contributed by atoms with Crippen LogP contribution in [0.1, 0.15) is 98.8 Å². The molecule has 35 heavy (non-hydrogen) atoms. The van der Waals surface area contributed by atoms with Crippen LogP contribution in [0.3, 0.4) is 0 Å². The second kappa shape index (κ2) is 7.12. The lowest BCUT2D eigenvalue weighted by Gasteiger charge is -2.67.